The SMILES string of the molecule is CCC1=C(CC)N(c2ccccc2)C(c2ccc(O)c(OC)c2)N(c2ccccc2)C1. The van der Waals surface area contributed by atoms with Crippen molar-refractivity contribution in [2.75, 3.05) is 23.5 Å². The molecule has 0 spiro atoms. The number of hydrogen-bond acceptors (Lipinski definition) is 4. The zero-order valence-electron chi connectivity index (χ0n) is 18.5. The van der Waals surface area contributed by atoms with Crippen LogP contribution in [0.15, 0.2) is 90.1 Å². The summed E-state index contributed by atoms with van der Waals surface area (Å²) in [5, 5.41) is 10.2. The van der Waals surface area contributed by atoms with Gasteiger partial charge in [-0.1, -0.05) is 56.3 Å². The van der Waals surface area contributed by atoms with E-state index in [1.807, 2.05) is 12.1 Å². The Balaban J connectivity index is 1.96. The first-order chi connectivity index (χ1) is 15.2. The molecule has 1 atom stereocenters. The van der Waals surface area contributed by atoms with Crippen LogP contribution in [-0.4, -0.2) is 18.8 Å². The van der Waals surface area contributed by atoms with Crippen molar-refractivity contribution in [3.63, 3.8) is 0 Å². The van der Waals surface area contributed by atoms with Crippen LogP contribution in [0.2, 0.25) is 0 Å². The largest absolute Gasteiger partial charge is 0.504 e. The van der Waals surface area contributed by atoms with Gasteiger partial charge in [-0.25, -0.2) is 0 Å². The molecule has 0 aliphatic carbocycles. The van der Waals surface area contributed by atoms with Crippen molar-refractivity contribution in [3.8, 4) is 11.5 Å². The van der Waals surface area contributed by atoms with Crippen LogP contribution >= 0.6 is 0 Å². The van der Waals surface area contributed by atoms with Crippen molar-refractivity contribution < 1.29 is 9.84 Å². The first kappa shape index (κ1) is 20.9. The van der Waals surface area contributed by atoms with E-state index in [0.717, 1.165) is 30.6 Å². The lowest BCUT2D eigenvalue weighted by molar-refractivity contribution is 0.372. The summed E-state index contributed by atoms with van der Waals surface area (Å²) in [6.07, 6.45) is 1.89. The topological polar surface area (TPSA) is 35.9 Å². The first-order valence-corrected chi connectivity index (χ1v) is 10.9. The number of para-hydroxylation sites is 2. The number of aromatic hydroxyl groups is 1. The summed E-state index contributed by atoms with van der Waals surface area (Å²) < 4.78 is 5.45. The number of benzene rings is 3. The van der Waals surface area contributed by atoms with E-state index in [1.165, 1.54) is 17.0 Å². The Morgan fingerprint density at radius 1 is 0.871 bits per heavy atom. The van der Waals surface area contributed by atoms with Gasteiger partial charge in [0.05, 0.1) is 7.11 Å². The molecule has 4 rings (SSSR count). The van der Waals surface area contributed by atoms with Crippen LogP contribution in [-0.2, 0) is 0 Å². The van der Waals surface area contributed by atoms with E-state index in [9.17, 15) is 5.11 Å². The average Bonchev–Trinajstić information content (AvgIpc) is 2.84. The molecule has 0 aromatic heterocycles. The minimum Gasteiger partial charge on any atom is -0.504 e. The van der Waals surface area contributed by atoms with E-state index in [1.54, 1.807) is 13.2 Å². The van der Waals surface area contributed by atoms with Gasteiger partial charge in [0.15, 0.2) is 11.5 Å². The van der Waals surface area contributed by atoms with Crippen LogP contribution in [0.3, 0.4) is 0 Å². The minimum absolute atomic E-state index is 0.0652. The lowest BCUT2D eigenvalue weighted by atomic mass is 9.97. The Bertz CT molecular complexity index is 1050. The van der Waals surface area contributed by atoms with Gasteiger partial charge in [-0.15, -0.1) is 0 Å². The van der Waals surface area contributed by atoms with Gasteiger partial charge in [0.25, 0.3) is 0 Å². The molecule has 1 heterocycles. The lowest BCUT2D eigenvalue weighted by Gasteiger charge is -2.48. The number of hydrogen-bond donors (Lipinski definition) is 1. The molecule has 1 aliphatic rings. The van der Waals surface area contributed by atoms with Gasteiger partial charge in [-0.3, -0.25) is 0 Å². The van der Waals surface area contributed by atoms with Crippen LogP contribution in [0.25, 0.3) is 0 Å². The van der Waals surface area contributed by atoms with E-state index < -0.39 is 0 Å². The van der Waals surface area contributed by atoms with Gasteiger partial charge in [-0.05, 0) is 60.4 Å². The molecule has 1 aliphatic heterocycles. The van der Waals surface area contributed by atoms with E-state index in [2.05, 4.69) is 84.3 Å². The molecular formula is C27H30N2O2. The number of methoxy groups -OCH3 is 1. The number of anilines is 2. The zero-order chi connectivity index (χ0) is 21.8. The maximum absolute atomic E-state index is 10.2. The fourth-order valence-electron chi connectivity index (χ4n) is 4.50. The number of ether oxygens (including phenoxy) is 1. The van der Waals surface area contributed by atoms with Crippen LogP contribution in [0.1, 0.15) is 38.4 Å². The first-order valence-electron chi connectivity index (χ1n) is 10.9. The molecular weight excluding hydrogens is 384 g/mol. The fraction of sp³-hybridized carbons (Fsp3) is 0.259. The Morgan fingerprint density at radius 3 is 2.10 bits per heavy atom. The molecule has 0 radical (unpaired) electrons. The molecule has 160 valence electrons. The van der Waals surface area contributed by atoms with E-state index >= 15 is 0 Å². The third-order valence-corrected chi connectivity index (χ3v) is 5.99. The predicted octanol–water partition coefficient (Wildman–Crippen LogP) is 6.50. The molecule has 0 bridgehead atoms. The van der Waals surface area contributed by atoms with Gasteiger partial charge in [-0.2, -0.15) is 0 Å². The van der Waals surface area contributed by atoms with Gasteiger partial charge in [0.2, 0.25) is 0 Å². The summed E-state index contributed by atoms with van der Waals surface area (Å²) in [6, 6.07) is 26.8. The summed E-state index contributed by atoms with van der Waals surface area (Å²) in [6.45, 7) is 5.33. The number of phenols is 1. The van der Waals surface area contributed by atoms with Gasteiger partial charge >= 0.3 is 0 Å². The van der Waals surface area contributed by atoms with Crippen LogP contribution in [0.5, 0.6) is 11.5 Å². The summed E-state index contributed by atoms with van der Waals surface area (Å²) in [5.74, 6) is 0.641. The lowest BCUT2D eigenvalue weighted by Crippen LogP contribution is -2.47. The van der Waals surface area contributed by atoms with Crippen molar-refractivity contribution in [2.24, 2.45) is 0 Å². The molecule has 4 heteroatoms. The standard InChI is InChI=1S/C27H30N2O2/c1-4-20-19-28(22-12-8-6-9-13-22)27(21-16-17-25(30)26(18-21)31-3)29(24(20)5-2)23-14-10-7-11-15-23/h6-18,27,30H,4-5,19H2,1-3H3. The van der Waals surface area contributed by atoms with Gasteiger partial charge in [0, 0.05) is 23.6 Å². The van der Waals surface area contributed by atoms with Gasteiger partial charge < -0.3 is 19.6 Å². The van der Waals surface area contributed by atoms with Crippen LogP contribution in [0.4, 0.5) is 11.4 Å². The second-order valence-corrected chi connectivity index (χ2v) is 7.73. The summed E-state index contributed by atoms with van der Waals surface area (Å²) in [5.41, 5.74) is 6.20. The van der Waals surface area contributed by atoms with Crippen molar-refractivity contribution in [3.05, 3.63) is 95.7 Å². The minimum atomic E-state index is -0.0652. The Hall–Kier alpha value is -3.40. The molecule has 4 nitrogen and oxygen atoms in total. The van der Waals surface area contributed by atoms with E-state index in [4.69, 9.17) is 4.74 Å². The smallest absolute Gasteiger partial charge is 0.160 e. The van der Waals surface area contributed by atoms with E-state index in [-0.39, 0.29) is 11.9 Å². The Kier molecular flexibility index (Phi) is 6.17. The summed E-state index contributed by atoms with van der Waals surface area (Å²) >= 11 is 0. The monoisotopic (exact) mass is 414 g/mol. The third kappa shape index (κ3) is 3.98. The quantitative estimate of drug-likeness (QED) is 0.499. The predicted molar refractivity (Wildman–Crippen MR) is 128 cm³/mol. The van der Waals surface area contributed by atoms with Crippen molar-refractivity contribution in [1.82, 2.24) is 0 Å². The maximum atomic E-state index is 10.2. The summed E-state index contributed by atoms with van der Waals surface area (Å²) in [4.78, 5) is 4.89. The molecule has 1 unspecified atom stereocenters. The van der Waals surface area contributed by atoms with Crippen LogP contribution < -0.4 is 14.5 Å². The van der Waals surface area contributed by atoms with Gasteiger partial charge in [0.1, 0.15) is 6.17 Å². The Labute approximate surface area is 185 Å². The second kappa shape index (κ2) is 9.17. The molecule has 1 N–H and O–H groups in total. The Morgan fingerprint density at radius 2 is 1.52 bits per heavy atom. The molecule has 3 aromatic carbocycles. The highest BCUT2D eigenvalue weighted by Gasteiger charge is 2.35. The normalized spacial score (nSPS) is 16.5. The summed E-state index contributed by atoms with van der Waals surface area (Å²) in [7, 11) is 1.59. The average molecular weight is 415 g/mol. The third-order valence-electron chi connectivity index (χ3n) is 5.99. The van der Waals surface area contributed by atoms with Crippen molar-refractivity contribution in [2.45, 2.75) is 32.9 Å². The molecule has 0 saturated carbocycles. The zero-order valence-corrected chi connectivity index (χ0v) is 18.5. The highest BCUT2D eigenvalue weighted by Crippen LogP contribution is 2.44. The van der Waals surface area contributed by atoms with Crippen molar-refractivity contribution in [1.29, 1.82) is 0 Å². The van der Waals surface area contributed by atoms with E-state index in [0.29, 0.717) is 5.75 Å². The highest BCUT2D eigenvalue weighted by molar-refractivity contribution is 5.64. The molecule has 0 amide bonds. The molecule has 0 saturated heterocycles. The molecule has 3 aromatic rings. The van der Waals surface area contributed by atoms with Crippen molar-refractivity contribution >= 4 is 11.4 Å². The van der Waals surface area contributed by atoms with Crippen LogP contribution in [0, 0.1) is 0 Å². The number of allylic oxidation sites excluding steroid dienone is 1. The number of nitrogens with zero attached hydrogens (tertiary/aromatic N) is 2. The maximum Gasteiger partial charge on any atom is 0.160 e. The number of phenolic OH excluding ortho intramolecular Hbond substituents is 1. The highest BCUT2D eigenvalue weighted by atomic mass is 16.5. The number of rotatable bonds is 6. The molecule has 0 fully saturated rings. The fourth-order valence-corrected chi connectivity index (χ4v) is 4.50. The molecule has 31 heavy (non-hydrogen) atoms. The second-order valence-electron chi connectivity index (χ2n) is 7.73.